The Hall–Kier alpha value is -2.81. The van der Waals surface area contributed by atoms with E-state index >= 15 is 0 Å². The van der Waals surface area contributed by atoms with Gasteiger partial charge in [-0.15, -0.1) is 0 Å². The van der Waals surface area contributed by atoms with Crippen LogP contribution in [0.25, 0.3) is 21.9 Å². The maximum absolute atomic E-state index is 12.1. The molecule has 32 heavy (non-hydrogen) atoms. The maximum Gasteiger partial charge on any atom is 0.338 e. The fourth-order valence-electron chi connectivity index (χ4n) is 7.58. The molecule has 0 radical (unpaired) electrons. The summed E-state index contributed by atoms with van der Waals surface area (Å²) >= 11 is 0. The van der Waals surface area contributed by atoms with Gasteiger partial charge in [0.1, 0.15) is 5.75 Å². The summed E-state index contributed by atoms with van der Waals surface area (Å²) in [5.41, 5.74) is 5.20. The highest BCUT2D eigenvalue weighted by Crippen LogP contribution is 2.62. The quantitative estimate of drug-likeness (QED) is 0.470. The highest BCUT2D eigenvalue weighted by molar-refractivity contribution is 5.99. The van der Waals surface area contributed by atoms with Gasteiger partial charge in [0.25, 0.3) is 0 Å². The van der Waals surface area contributed by atoms with E-state index in [0.29, 0.717) is 11.3 Å². The number of carbonyl (C=O) groups is 1. The minimum absolute atomic E-state index is 0.164. The second-order valence-corrected chi connectivity index (χ2v) is 10.6. The van der Waals surface area contributed by atoms with Gasteiger partial charge in [0.15, 0.2) is 0 Å². The van der Waals surface area contributed by atoms with Crippen molar-refractivity contribution in [1.82, 2.24) is 0 Å². The second-order valence-electron chi connectivity index (χ2n) is 10.6. The van der Waals surface area contributed by atoms with Crippen molar-refractivity contribution in [2.75, 3.05) is 7.11 Å². The molecule has 4 saturated carbocycles. The van der Waals surface area contributed by atoms with E-state index in [0.717, 1.165) is 45.2 Å². The summed E-state index contributed by atoms with van der Waals surface area (Å²) in [5, 5.41) is 13.1. The summed E-state index contributed by atoms with van der Waals surface area (Å²) < 4.78 is 4.92. The van der Waals surface area contributed by atoms with Gasteiger partial charge >= 0.3 is 5.97 Å². The van der Waals surface area contributed by atoms with Gasteiger partial charge in [-0.3, -0.25) is 0 Å². The minimum Gasteiger partial charge on any atom is -0.508 e. The van der Waals surface area contributed by atoms with E-state index in [9.17, 15) is 9.90 Å². The summed E-state index contributed by atoms with van der Waals surface area (Å²) in [6.07, 6.45) is 7.92. The summed E-state index contributed by atoms with van der Waals surface area (Å²) in [6, 6.07) is 16.5. The lowest BCUT2D eigenvalue weighted by Gasteiger charge is -2.57. The lowest BCUT2D eigenvalue weighted by Crippen LogP contribution is -2.48. The molecular formula is C29H30O3. The van der Waals surface area contributed by atoms with Crippen LogP contribution in [-0.2, 0) is 10.2 Å². The Morgan fingerprint density at radius 2 is 1.53 bits per heavy atom. The first-order valence-electron chi connectivity index (χ1n) is 11.9. The van der Waals surface area contributed by atoms with E-state index in [1.54, 1.807) is 0 Å². The molecule has 3 aromatic carbocycles. The Morgan fingerprint density at radius 3 is 2.19 bits per heavy atom. The van der Waals surface area contributed by atoms with Crippen molar-refractivity contribution in [2.45, 2.75) is 50.9 Å². The zero-order valence-corrected chi connectivity index (χ0v) is 18.9. The van der Waals surface area contributed by atoms with Crippen molar-refractivity contribution in [3.05, 3.63) is 65.2 Å². The van der Waals surface area contributed by atoms with Gasteiger partial charge in [-0.05, 0) is 120 Å². The Bertz CT molecular complexity index is 1200. The monoisotopic (exact) mass is 426 g/mol. The van der Waals surface area contributed by atoms with Gasteiger partial charge in [0.05, 0.1) is 12.7 Å². The Morgan fingerprint density at radius 1 is 0.906 bits per heavy atom. The van der Waals surface area contributed by atoms with Crippen molar-refractivity contribution in [1.29, 1.82) is 0 Å². The number of phenolic OH excluding ortho intramolecular Hbond substituents is 1. The Kier molecular flexibility index (Phi) is 4.40. The van der Waals surface area contributed by atoms with Crippen LogP contribution in [0.1, 0.15) is 60.0 Å². The zero-order chi connectivity index (χ0) is 22.0. The average Bonchev–Trinajstić information content (AvgIpc) is 2.78. The number of fused-ring (bicyclic) bond motifs is 1. The number of ether oxygens (including phenoxy) is 1. The van der Waals surface area contributed by atoms with Crippen molar-refractivity contribution in [3.8, 4) is 16.9 Å². The number of methoxy groups -OCH3 is 1. The standard InChI is InChI=1S/C29H30O3/c1-17-24-6-3-21(12-23(24)4-7-25(17)28(31)32-2)22-5-8-27(30)26(13-22)29-14-18-9-19(15-29)11-20(10-18)16-29/h3-8,12-13,18-20,30H,9-11,14-16H2,1-2H3. The molecule has 0 unspecified atom stereocenters. The number of aromatic hydroxyl groups is 1. The summed E-state index contributed by atoms with van der Waals surface area (Å²) in [7, 11) is 1.42. The summed E-state index contributed by atoms with van der Waals surface area (Å²) in [5.74, 6) is 2.70. The molecule has 0 spiro atoms. The summed E-state index contributed by atoms with van der Waals surface area (Å²) in [4.78, 5) is 12.1. The Labute approximate surface area is 189 Å². The molecule has 4 bridgehead atoms. The van der Waals surface area contributed by atoms with Gasteiger partial charge in [-0.25, -0.2) is 4.79 Å². The molecule has 0 aromatic heterocycles. The number of aryl methyl sites for hydroxylation is 1. The number of rotatable bonds is 3. The molecule has 0 atom stereocenters. The van der Waals surface area contributed by atoms with E-state index in [1.807, 2.05) is 31.2 Å². The third-order valence-corrected chi connectivity index (χ3v) is 8.63. The lowest BCUT2D eigenvalue weighted by atomic mass is 9.48. The third-order valence-electron chi connectivity index (χ3n) is 8.63. The molecule has 4 aliphatic rings. The number of carbonyl (C=O) groups excluding carboxylic acids is 1. The van der Waals surface area contributed by atoms with Gasteiger partial charge in [-0.2, -0.15) is 0 Å². The number of benzene rings is 3. The highest BCUT2D eigenvalue weighted by Gasteiger charge is 2.52. The average molecular weight is 427 g/mol. The molecular weight excluding hydrogens is 396 g/mol. The van der Waals surface area contributed by atoms with E-state index in [4.69, 9.17) is 4.74 Å². The van der Waals surface area contributed by atoms with Crippen LogP contribution >= 0.6 is 0 Å². The normalized spacial score (nSPS) is 28.2. The van der Waals surface area contributed by atoms with Crippen molar-refractivity contribution < 1.29 is 14.6 Å². The fourth-order valence-corrected chi connectivity index (χ4v) is 7.58. The molecule has 0 saturated heterocycles. The van der Waals surface area contributed by atoms with E-state index < -0.39 is 0 Å². The van der Waals surface area contributed by atoms with Crippen LogP contribution in [0.2, 0.25) is 0 Å². The van der Waals surface area contributed by atoms with Crippen LogP contribution in [0.15, 0.2) is 48.5 Å². The van der Waals surface area contributed by atoms with Gasteiger partial charge in [0, 0.05) is 5.56 Å². The predicted octanol–water partition coefficient (Wildman–Crippen LogP) is 6.78. The SMILES string of the molecule is COC(=O)c1ccc2cc(-c3ccc(O)c(C45CC6CC(CC(C6)C4)C5)c3)ccc2c1C. The smallest absolute Gasteiger partial charge is 0.338 e. The molecule has 164 valence electrons. The first-order chi connectivity index (χ1) is 15.5. The summed E-state index contributed by atoms with van der Waals surface area (Å²) in [6.45, 7) is 1.97. The van der Waals surface area contributed by atoms with Gasteiger partial charge < -0.3 is 9.84 Å². The molecule has 3 heteroatoms. The van der Waals surface area contributed by atoms with Crippen LogP contribution in [0, 0.1) is 24.7 Å². The molecule has 7 rings (SSSR count). The van der Waals surface area contributed by atoms with Crippen LogP contribution in [0.5, 0.6) is 5.75 Å². The first kappa shape index (κ1) is 19.8. The number of hydrogen-bond donors (Lipinski definition) is 1. The molecule has 1 N–H and O–H groups in total. The minimum atomic E-state index is -0.299. The topological polar surface area (TPSA) is 46.5 Å². The number of phenols is 1. The number of esters is 1. The lowest BCUT2D eigenvalue weighted by molar-refractivity contribution is -0.00611. The van der Waals surface area contributed by atoms with Crippen molar-refractivity contribution in [3.63, 3.8) is 0 Å². The first-order valence-corrected chi connectivity index (χ1v) is 11.9. The van der Waals surface area contributed by atoms with E-state index in [1.165, 1.54) is 51.2 Å². The highest BCUT2D eigenvalue weighted by atomic mass is 16.5. The Balaban J connectivity index is 1.41. The molecule has 3 aromatic rings. The molecule has 4 aliphatic carbocycles. The second kappa shape index (κ2) is 7.10. The van der Waals surface area contributed by atoms with Crippen LogP contribution in [0.3, 0.4) is 0 Å². The zero-order valence-electron chi connectivity index (χ0n) is 18.9. The van der Waals surface area contributed by atoms with Gasteiger partial charge in [-0.1, -0.05) is 24.3 Å². The van der Waals surface area contributed by atoms with E-state index in [2.05, 4.69) is 24.3 Å². The van der Waals surface area contributed by atoms with Crippen LogP contribution < -0.4 is 0 Å². The number of hydrogen-bond acceptors (Lipinski definition) is 3. The molecule has 3 nitrogen and oxygen atoms in total. The predicted molar refractivity (Wildman–Crippen MR) is 127 cm³/mol. The van der Waals surface area contributed by atoms with E-state index in [-0.39, 0.29) is 11.4 Å². The van der Waals surface area contributed by atoms with Crippen LogP contribution in [-0.4, -0.2) is 18.2 Å². The third kappa shape index (κ3) is 2.97. The van der Waals surface area contributed by atoms with Crippen molar-refractivity contribution in [2.24, 2.45) is 17.8 Å². The molecule has 4 fully saturated rings. The fraction of sp³-hybridized carbons (Fsp3) is 0.414. The van der Waals surface area contributed by atoms with Crippen molar-refractivity contribution >= 4 is 16.7 Å². The van der Waals surface area contributed by atoms with Gasteiger partial charge in [0.2, 0.25) is 0 Å². The molecule has 0 heterocycles. The maximum atomic E-state index is 12.1. The molecule has 0 amide bonds. The van der Waals surface area contributed by atoms with Crippen LogP contribution in [0.4, 0.5) is 0 Å². The molecule has 0 aliphatic heterocycles. The largest absolute Gasteiger partial charge is 0.508 e.